The average Bonchev–Trinajstić information content (AvgIpc) is 2.68. The van der Waals surface area contributed by atoms with Crippen LogP contribution in [-0.4, -0.2) is 37.3 Å². The maximum Gasteiger partial charge on any atom is 0.250 e. The first-order chi connectivity index (χ1) is 13.1. The lowest BCUT2D eigenvalue weighted by Gasteiger charge is -2.30. The van der Waals surface area contributed by atoms with Crippen LogP contribution in [0.2, 0.25) is 5.02 Å². The van der Waals surface area contributed by atoms with Crippen molar-refractivity contribution in [1.82, 2.24) is 5.32 Å². The van der Waals surface area contributed by atoms with E-state index in [2.05, 4.69) is 15.5 Å². The van der Waals surface area contributed by atoms with Crippen molar-refractivity contribution in [2.24, 2.45) is 0 Å². The minimum Gasteiger partial charge on any atom is -0.378 e. The van der Waals surface area contributed by atoms with E-state index in [1.54, 1.807) is 12.1 Å². The van der Waals surface area contributed by atoms with Gasteiger partial charge in [0.25, 0.3) is 0 Å². The number of benzene rings is 2. The minimum atomic E-state index is -0.300. The van der Waals surface area contributed by atoms with Gasteiger partial charge in [-0.3, -0.25) is 10.1 Å². The second-order valence-electron chi connectivity index (χ2n) is 5.95. The molecule has 0 saturated carbocycles. The summed E-state index contributed by atoms with van der Waals surface area (Å²) in [6.07, 6.45) is 3.18. The minimum absolute atomic E-state index is 0.217. The number of rotatable bonds is 4. The summed E-state index contributed by atoms with van der Waals surface area (Å²) in [6.45, 7) is 2.92. The van der Waals surface area contributed by atoms with E-state index in [4.69, 9.17) is 28.6 Å². The van der Waals surface area contributed by atoms with Crippen molar-refractivity contribution in [3.8, 4) is 0 Å². The fraction of sp³-hybridized carbons (Fsp3) is 0.200. The lowest BCUT2D eigenvalue weighted by molar-refractivity contribution is -0.115. The molecule has 1 saturated heterocycles. The molecule has 2 aromatic rings. The van der Waals surface area contributed by atoms with Gasteiger partial charge >= 0.3 is 0 Å². The lowest BCUT2D eigenvalue weighted by atomic mass is 10.2. The molecule has 0 radical (unpaired) electrons. The summed E-state index contributed by atoms with van der Waals surface area (Å²) >= 11 is 11.4. The van der Waals surface area contributed by atoms with Crippen LogP contribution in [0.1, 0.15) is 5.56 Å². The summed E-state index contributed by atoms with van der Waals surface area (Å²) in [7, 11) is 0. The zero-order valence-corrected chi connectivity index (χ0v) is 16.2. The molecule has 27 heavy (non-hydrogen) atoms. The lowest BCUT2D eigenvalue weighted by Crippen LogP contribution is -2.37. The number of halogens is 1. The number of hydrogen-bond acceptors (Lipinski definition) is 4. The van der Waals surface area contributed by atoms with Gasteiger partial charge in [-0.2, -0.15) is 0 Å². The Kier molecular flexibility index (Phi) is 6.81. The summed E-state index contributed by atoms with van der Waals surface area (Å²) < 4.78 is 5.40. The van der Waals surface area contributed by atoms with Gasteiger partial charge in [0, 0.05) is 24.2 Å². The molecule has 5 nitrogen and oxygen atoms in total. The van der Waals surface area contributed by atoms with Crippen molar-refractivity contribution in [3.05, 3.63) is 65.2 Å². The van der Waals surface area contributed by atoms with Crippen molar-refractivity contribution in [1.29, 1.82) is 0 Å². The van der Waals surface area contributed by atoms with Crippen LogP contribution in [0.3, 0.4) is 0 Å². The highest BCUT2D eigenvalue weighted by Gasteiger charge is 2.16. The van der Waals surface area contributed by atoms with Crippen LogP contribution in [0.15, 0.2) is 54.6 Å². The number of thiocarbonyl (C=S) groups is 1. The Morgan fingerprint density at radius 3 is 2.63 bits per heavy atom. The maximum absolute atomic E-state index is 12.1. The number of amides is 1. The number of ether oxygens (including phenoxy) is 1. The number of nitrogens with one attached hydrogen (secondary N) is 2. The number of anilines is 2. The van der Waals surface area contributed by atoms with Gasteiger partial charge in [0.15, 0.2) is 5.11 Å². The predicted octanol–water partition coefficient (Wildman–Crippen LogP) is 3.70. The first-order valence-corrected chi connectivity index (χ1v) is 9.38. The van der Waals surface area contributed by atoms with Crippen molar-refractivity contribution < 1.29 is 9.53 Å². The van der Waals surface area contributed by atoms with Gasteiger partial charge in [-0.25, -0.2) is 0 Å². The van der Waals surface area contributed by atoms with E-state index in [9.17, 15) is 4.79 Å². The van der Waals surface area contributed by atoms with Crippen LogP contribution in [0, 0.1) is 0 Å². The molecular weight excluding hydrogens is 382 g/mol. The maximum atomic E-state index is 12.1. The molecule has 7 heteroatoms. The summed E-state index contributed by atoms with van der Waals surface area (Å²) in [6, 6.07) is 15.2. The number of carbonyl (C=O) groups excluding carboxylic acids is 1. The molecule has 0 spiro atoms. The molecule has 0 aliphatic carbocycles. The highest BCUT2D eigenvalue weighted by atomic mass is 35.5. The molecule has 140 valence electrons. The van der Waals surface area contributed by atoms with Crippen molar-refractivity contribution >= 4 is 52.3 Å². The Bertz CT molecular complexity index is 836. The molecule has 3 rings (SSSR count). The number of carbonyl (C=O) groups is 1. The monoisotopic (exact) mass is 401 g/mol. The quantitative estimate of drug-likeness (QED) is 0.604. The molecule has 0 aromatic heterocycles. The van der Waals surface area contributed by atoms with E-state index < -0.39 is 0 Å². The standard InChI is InChI=1S/C20H20ClN3O2S/c21-16-7-8-18(24-10-12-26-13-11-24)17(14-16)22-20(27)23-19(25)9-6-15-4-2-1-3-5-15/h1-9,14H,10-13H2,(H2,22,23,25,27). The molecular formula is C20H20ClN3O2S. The topological polar surface area (TPSA) is 53.6 Å². The van der Waals surface area contributed by atoms with Gasteiger partial charge < -0.3 is 15.0 Å². The second kappa shape index (κ2) is 9.50. The van der Waals surface area contributed by atoms with Gasteiger partial charge in [-0.05, 0) is 42.1 Å². The first kappa shape index (κ1) is 19.4. The average molecular weight is 402 g/mol. The molecule has 0 atom stereocenters. The number of hydrogen-bond donors (Lipinski definition) is 2. The molecule has 2 N–H and O–H groups in total. The van der Waals surface area contributed by atoms with E-state index in [1.807, 2.05) is 42.5 Å². The van der Waals surface area contributed by atoms with Crippen LogP contribution in [0.5, 0.6) is 0 Å². The van der Waals surface area contributed by atoms with E-state index in [1.165, 1.54) is 6.08 Å². The third-order valence-electron chi connectivity index (χ3n) is 4.02. The highest BCUT2D eigenvalue weighted by Crippen LogP contribution is 2.29. The van der Waals surface area contributed by atoms with Crippen LogP contribution >= 0.6 is 23.8 Å². The first-order valence-electron chi connectivity index (χ1n) is 8.59. The Labute approximate surface area is 169 Å². The second-order valence-corrected chi connectivity index (χ2v) is 6.79. The van der Waals surface area contributed by atoms with Crippen LogP contribution < -0.4 is 15.5 Å². The number of morpholine rings is 1. The third-order valence-corrected chi connectivity index (χ3v) is 4.46. The highest BCUT2D eigenvalue weighted by molar-refractivity contribution is 7.80. The Hall–Kier alpha value is -2.41. The van der Waals surface area contributed by atoms with Gasteiger partial charge in [0.1, 0.15) is 0 Å². The molecule has 1 amide bonds. The summed E-state index contributed by atoms with van der Waals surface area (Å²) in [5.41, 5.74) is 2.66. The molecule has 1 heterocycles. The normalized spacial score (nSPS) is 14.2. The summed E-state index contributed by atoms with van der Waals surface area (Å²) in [4.78, 5) is 14.3. The Morgan fingerprint density at radius 2 is 1.89 bits per heavy atom. The van der Waals surface area contributed by atoms with Gasteiger partial charge in [-0.1, -0.05) is 41.9 Å². The molecule has 2 aromatic carbocycles. The van der Waals surface area contributed by atoms with E-state index in [0.29, 0.717) is 18.2 Å². The zero-order valence-electron chi connectivity index (χ0n) is 14.7. The smallest absolute Gasteiger partial charge is 0.250 e. The fourth-order valence-corrected chi connectivity index (χ4v) is 3.11. The van der Waals surface area contributed by atoms with Gasteiger partial charge in [-0.15, -0.1) is 0 Å². The van der Waals surface area contributed by atoms with Crippen molar-refractivity contribution in [2.45, 2.75) is 0 Å². The van der Waals surface area contributed by atoms with Crippen molar-refractivity contribution in [2.75, 3.05) is 36.5 Å². The molecule has 0 unspecified atom stereocenters. The van der Waals surface area contributed by atoms with E-state index >= 15 is 0 Å². The largest absolute Gasteiger partial charge is 0.378 e. The van der Waals surface area contributed by atoms with E-state index in [0.717, 1.165) is 30.0 Å². The zero-order chi connectivity index (χ0) is 19.1. The number of nitrogens with zero attached hydrogens (tertiary/aromatic N) is 1. The molecule has 1 fully saturated rings. The van der Waals surface area contributed by atoms with Crippen LogP contribution in [-0.2, 0) is 9.53 Å². The van der Waals surface area contributed by atoms with Crippen molar-refractivity contribution in [3.63, 3.8) is 0 Å². The Morgan fingerprint density at radius 1 is 1.15 bits per heavy atom. The molecule has 1 aliphatic heterocycles. The Balaban J connectivity index is 1.64. The summed E-state index contributed by atoms with van der Waals surface area (Å²) in [5.74, 6) is -0.300. The summed E-state index contributed by atoms with van der Waals surface area (Å²) in [5, 5.41) is 6.54. The fourth-order valence-electron chi connectivity index (χ4n) is 2.73. The van der Waals surface area contributed by atoms with Gasteiger partial charge in [0.05, 0.1) is 24.6 Å². The van der Waals surface area contributed by atoms with Crippen LogP contribution in [0.25, 0.3) is 6.08 Å². The SMILES string of the molecule is O=C(C=Cc1ccccc1)NC(=S)Nc1cc(Cl)ccc1N1CCOCC1. The predicted molar refractivity (Wildman–Crippen MR) is 114 cm³/mol. The third kappa shape index (κ3) is 5.79. The van der Waals surface area contributed by atoms with Crippen LogP contribution in [0.4, 0.5) is 11.4 Å². The molecule has 1 aliphatic rings. The van der Waals surface area contributed by atoms with Gasteiger partial charge in [0.2, 0.25) is 5.91 Å². The molecule has 0 bridgehead atoms. The van der Waals surface area contributed by atoms with E-state index in [-0.39, 0.29) is 11.0 Å².